The average molecular weight is 475 g/mol. The second-order valence-corrected chi connectivity index (χ2v) is 9.59. The summed E-state index contributed by atoms with van der Waals surface area (Å²) in [5.41, 5.74) is 2.20. The molecule has 4 nitrogen and oxygen atoms in total. The molecule has 0 aliphatic heterocycles. The summed E-state index contributed by atoms with van der Waals surface area (Å²) >= 11 is 7.66. The van der Waals surface area contributed by atoms with Crippen LogP contribution in [0.1, 0.15) is 57.1 Å². The van der Waals surface area contributed by atoms with Gasteiger partial charge in [-0.05, 0) is 61.8 Å². The number of hydrogen-bond acceptors (Lipinski definition) is 3. The maximum atomic E-state index is 13.2. The lowest BCUT2D eigenvalue weighted by Crippen LogP contribution is -2.49. The molecule has 0 aliphatic rings. The smallest absolute Gasteiger partial charge is 0.242 e. The summed E-state index contributed by atoms with van der Waals surface area (Å²) in [6.45, 7) is 7.20. The molecule has 2 rings (SSSR count). The summed E-state index contributed by atoms with van der Waals surface area (Å²) in [5, 5.41) is 3.73. The van der Waals surface area contributed by atoms with E-state index in [9.17, 15) is 9.59 Å². The minimum Gasteiger partial charge on any atom is -0.354 e. The van der Waals surface area contributed by atoms with Crippen molar-refractivity contribution in [2.75, 3.05) is 12.3 Å². The van der Waals surface area contributed by atoms with Gasteiger partial charge in [0.05, 0.1) is 0 Å². The van der Waals surface area contributed by atoms with Crippen LogP contribution in [0.25, 0.3) is 0 Å². The van der Waals surface area contributed by atoms with Crippen molar-refractivity contribution in [3.8, 4) is 0 Å². The first-order valence-corrected chi connectivity index (χ1v) is 12.8. The van der Waals surface area contributed by atoms with Gasteiger partial charge in [-0.1, -0.05) is 61.7 Å². The summed E-state index contributed by atoms with van der Waals surface area (Å²) in [6, 6.07) is 15.4. The maximum Gasteiger partial charge on any atom is 0.242 e. The van der Waals surface area contributed by atoms with Crippen molar-refractivity contribution in [2.24, 2.45) is 0 Å². The maximum absolute atomic E-state index is 13.2. The second-order valence-electron chi connectivity index (χ2n) is 7.99. The summed E-state index contributed by atoms with van der Waals surface area (Å²) in [5.74, 6) is 0.809. The van der Waals surface area contributed by atoms with Crippen LogP contribution in [0.5, 0.6) is 0 Å². The van der Waals surface area contributed by atoms with Gasteiger partial charge < -0.3 is 10.2 Å². The first-order valence-electron chi connectivity index (χ1n) is 11.5. The molecule has 1 N–H and O–H groups in total. The number of carbonyl (C=O) groups is 2. The van der Waals surface area contributed by atoms with Gasteiger partial charge in [-0.25, -0.2) is 0 Å². The molecule has 2 aromatic carbocycles. The molecule has 6 heteroatoms. The number of thioether (sulfide) groups is 1. The average Bonchev–Trinajstić information content (AvgIpc) is 2.78. The number of aryl methyl sites for hydroxylation is 1. The van der Waals surface area contributed by atoms with Crippen molar-refractivity contribution in [1.82, 2.24) is 10.2 Å². The largest absolute Gasteiger partial charge is 0.354 e. The third kappa shape index (κ3) is 8.87. The number of nitrogens with one attached hydrogen (secondary N) is 1. The van der Waals surface area contributed by atoms with Crippen LogP contribution in [0.2, 0.25) is 5.02 Å². The highest BCUT2D eigenvalue weighted by Crippen LogP contribution is 2.22. The molecule has 0 heterocycles. The van der Waals surface area contributed by atoms with Gasteiger partial charge in [0.15, 0.2) is 0 Å². The third-order valence-electron chi connectivity index (χ3n) is 5.27. The fourth-order valence-electron chi connectivity index (χ4n) is 3.52. The minimum atomic E-state index is -0.455. The quantitative estimate of drug-likeness (QED) is 0.276. The summed E-state index contributed by atoms with van der Waals surface area (Å²) in [7, 11) is 0. The molecule has 0 saturated heterocycles. The van der Waals surface area contributed by atoms with Crippen LogP contribution in [0.15, 0.2) is 53.4 Å². The van der Waals surface area contributed by atoms with Gasteiger partial charge in [0.25, 0.3) is 0 Å². The molecule has 1 unspecified atom stereocenters. The number of nitrogens with zero attached hydrogens (tertiary/aromatic N) is 1. The Hall–Kier alpha value is -1.98. The highest BCUT2D eigenvalue weighted by molar-refractivity contribution is 7.99. The zero-order chi connectivity index (χ0) is 23.3. The monoisotopic (exact) mass is 474 g/mol. The Morgan fingerprint density at radius 3 is 2.50 bits per heavy atom. The fourth-order valence-corrected chi connectivity index (χ4v) is 4.50. The lowest BCUT2D eigenvalue weighted by atomic mass is 10.1. The van der Waals surface area contributed by atoms with E-state index >= 15 is 0 Å². The van der Waals surface area contributed by atoms with Crippen molar-refractivity contribution in [2.45, 2.75) is 70.4 Å². The molecule has 174 valence electrons. The van der Waals surface area contributed by atoms with Gasteiger partial charge in [-0.3, -0.25) is 9.59 Å². The Morgan fingerprint density at radius 1 is 1.09 bits per heavy atom. The number of rotatable bonds is 13. The fraction of sp³-hybridized carbons (Fsp3) is 0.462. The first kappa shape index (κ1) is 26.3. The second kappa shape index (κ2) is 14.2. The number of unbranched alkanes of at least 4 members (excludes halogenated alkanes) is 1. The first-order chi connectivity index (χ1) is 15.4. The number of halogens is 1. The van der Waals surface area contributed by atoms with Gasteiger partial charge in [0.1, 0.15) is 6.04 Å². The number of hydrogen-bond donors (Lipinski definition) is 1. The SMILES string of the molecule is CCCCNC(=O)C(CC)N(Cc1cccc(C)c1)C(=O)CCCSc1ccc(Cl)cc1. The van der Waals surface area contributed by atoms with Gasteiger partial charge in [0, 0.05) is 29.4 Å². The molecule has 2 amide bonds. The van der Waals surface area contributed by atoms with Crippen molar-refractivity contribution in [3.05, 3.63) is 64.7 Å². The Morgan fingerprint density at radius 2 is 1.84 bits per heavy atom. The van der Waals surface area contributed by atoms with E-state index in [1.54, 1.807) is 16.7 Å². The molecule has 0 aromatic heterocycles. The topological polar surface area (TPSA) is 49.4 Å². The molecule has 0 spiro atoms. The van der Waals surface area contributed by atoms with E-state index < -0.39 is 6.04 Å². The van der Waals surface area contributed by atoms with Crippen LogP contribution in [0.3, 0.4) is 0 Å². The van der Waals surface area contributed by atoms with E-state index in [1.165, 1.54) is 0 Å². The van der Waals surface area contributed by atoms with Crippen molar-refractivity contribution in [3.63, 3.8) is 0 Å². The molecule has 0 bridgehead atoms. The molecule has 1 atom stereocenters. The van der Waals surface area contributed by atoms with Crippen LogP contribution in [0, 0.1) is 6.92 Å². The van der Waals surface area contributed by atoms with Crippen LogP contribution in [0.4, 0.5) is 0 Å². The van der Waals surface area contributed by atoms with E-state index in [2.05, 4.69) is 18.3 Å². The van der Waals surface area contributed by atoms with Gasteiger partial charge >= 0.3 is 0 Å². The molecule has 0 fully saturated rings. The summed E-state index contributed by atoms with van der Waals surface area (Å²) in [4.78, 5) is 29.0. The predicted molar refractivity (Wildman–Crippen MR) is 135 cm³/mol. The highest BCUT2D eigenvalue weighted by atomic mass is 35.5. The minimum absolute atomic E-state index is 0.0284. The summed E-state index contributed by atoms with van der Waals surface area (Å²) < 4.78 is 0. The van der Waals surface area contributed by atoms with Crippen LogP contribution in [-0.4, -0.2) is 35.1 Å². The molecule has 0 radical (unpaired) electrons. The molecule has 0 aliphatic carbocycles. The highest BCUT2D eigenvalue weighted by Gasteiger charge is 2.28. The Kier molecular flexibility index (Phi) is 11.7. The van der Waals surface area contributed by atoms with Gasteiger partial charge in [0.2, 0.25) is 11.8 Å². The van der Waals surface area contributed by atoms with Crippen LogP contribution in [-0.2, 0) is 16.1 Å². The normalized spacial score (nSPS) is 11.8. The van der Waals surface area contributed by atoms with Crippen LogP contribution < -0.4 is 5.32 Å². The van der Waals surface area contributed by atoms with Gasteiger partial charge in [-0.15, -0.1) is 11.8 Å². The van der Waals surface area contributed by atoms with E-state index in [-0.39, 0.29) is 11.8 Å². The van der Waals surface area contributed by atoms with E-state index in [0.717, 1.165) is 46.1 Å². The lowest BCUT2D eigenvalue weighted by molar-refractivity contribution is -0.141. The van der Waals surface area contributed by atoms with Crippen molar-refractivity contribution < 1.29 is 9.59 Å². The predicted octanol–water partition coefficient (Wildman–Crippen LogP) is 6.24. The molecule has 32 heavy (non-hydrogen) atoms. The van der Waals surface area contributed by atoms with Crippen molar-refractivity contribution in [1.29, 1.82) is 0 Å². The van der Waals surface area contributed by atoms with E-state index in [0.29, 0.717) is 25.9 Å². The Labute approximate surface area is 202 Å². The third-order valence-corrected chi connectivity index (χ3v) is 6.62. The molecule has 0 saturated carbocycles. The zero-order valence-corrected chi connectivity index (χ0v) is 21.0. The zero-order valence-electron chi connectivity index (χ0n) is 19.4. The number of benzene rings is 2. The summed E-state index contributed by atoms with van der Waals surface area (Å²) in [6.07, 6.45) is 3.73. The Balaban J connectivity index is 2.03. The molecule has 2 aromatic rings. The van der Waals surface area contributed by atoms with Crippen molar-refractivity contribution >= 4 is 35.2 Å². The molecular weight excluding hydrogens is 440 g/mol. The van der Waals surface area contributed by atoms with E-state index in [1.807, 2.05) is 56.3 Å². The Bertz CT molecular complexity index is 857. The van der Waals surface area contributed by atoms with Gasteiger partial charge in [-0.2, -0.15) is 0 Å². The lowest BCUT2D eigenvalue weighted by Gasteiger charge is -2.31. The van der Waals surface area contributed by atoms with Crippen LogP contribution >= 0.6 is 23.4 Å². The van der Waals surface area contributed by atoms with E-state index in [4.69, 9.17) is 11.6 Å². The standard InChI is InChI=1S/C26H35ClN2O2S/c1-4-6-16-28-26(31)24(5-2)29(19-21-10-7-9-20(3)18-21)25(30)11-8-17-32-23-14-12-22(27)13-15-23/h7,9-10,12-15,18,24H,4-6,8,11,16-17,19H2,1-3H3,(H,28,31). The molecular formula is C26H35ClN2O2S. The number of amides is 2. The number of carbonyl (C=O) groups excluding carboxylic acids is 2.